The van der Waals surface area contributed by atoms with Gasteiger partial charge in [0.2, 0.25) is 10.1 Å². The van der Waals surface area contributed by atoms with Crippen LogP contribution in [-0.2, 0) is 6.18 Å². The van der Waals surface area contributed by atoms with Gasteiger partial charge in [-0.15, -0.1) is 10.2 Å². The third-order valence-electron chi connectivity index (χ3n) is 2.01. The standard InChI is InChI=1S/C10H4BrF4N3OS/c11-5-1-4(2-6(12)3-5)7(19)16-9-18-17-8(20-9)10(13,14)15/h1-3H,(H,16,18,19). The molecule has 20 heavy (non-hydrogen) atoms. The first-order valence-corrected chi connectivity index (χ1v) is 6.55. The smallest absolute Gasteiger partial charge is 0.296 e. The Morgan fingerprint density at radius 1 is 1.25 bits per heavy atom. The van der Waals surface area contributed by atoms with Crippen molar-refractivity contribution in [1.82, 2.24) is 10.2 Å². The molecule has 0 atom stereocenters. The third kappa shape index (κ3) is 3.51. The van der Waals surface area contributed by atoms with Crippen molar-refractivity contribution >= 4 is 38.3 Å². The number of hydrogen-bond acceptors (Lipinski definition) is 4. The van der Waals surface area contributed by atoms with Crippen LogP contribution in [0.2, 0.25) is 0 Å². The largest absolute Gasteiger partial charge is 0.445 e. The van der Waals surface area contributed by atoms with E-state index in [2.05, 4.69) is 31.4 Å². The van der Waals surface area contributed by atoms with Gasteiger partial charge in [-0.1, -0.05) is 27.3 Å². The van der Waals surface area contributed by atoms with E-state index in [1.54, 1.807) is 0 Å². The van der Waals surface area contributed by atoms with Crippen molar-refractivity contribution in [3.05, 3.63) is 39.1 Å². The number of carbonyl (C=O) groups is 1. The molecule has 0 radical (unpaired) electrons. The van der Waals surface area contributed by atoms with Crippen LogP contribution in [0, 0.1) is 5.82 Å². The summed E-state index contributed by atoms with van der Waals surface area (Å²) in [6.45, 7) is 0. The number of benzene rings is 1. The van der Waals surface area contributed by atoms with Gasteiger partial charge in [0.15, 0.2) is 0 Å². The van der Waals surface area contributed by atoms with Gasteiger partial charge >= 0.3 is 6.18 Å². The third-order valence-corrected chi connectivity index (χ3v) is 3.35. The molecule has 0 unspecified atom stereocenters. The van der Waals surface area contributed by atoms with Crippen LogP contribution in [0.5, 0.6) is 0 Å². The SMILES string of the molecule is O=C(Nc1nnc(C(F)(F)F)s1)c1cc(F)cc(Br)c1. The molecule has 2 rings (SSSR count). The molecule has 0 saturated carbocycles. The van der Waals surface area contributed by atoms with Gasteiger partial charge in [-0.3, -0.25) is 10.1 Å². The van der Waals surface area contributed by atoms with Gasteiger partial charge in [-0.05, 0) is 18.2 Å². The van der Waals surface area contributed by atoms with Gasteiger partial charge in [-0.25, -0.2) is 4.39 Å². The summed E-state index contributed by atoms with van der Waals surface area (Å²) >= 11 is 3.19. The average Bonchev–Trinajstić information content (AvgIpc) is 2.75. The molecule has 0 aliphatic rings. The van der Waals surface area contributed by atoms with Gasteiger partial charge in [-0.2, -0.15) is 13.2 Å². The maximum Gasteiger partial charge on any atom is 0.445 e. The summed E-state index contributed by atoms with van der Waals surface area (Å²) in [6, 6.07) is 3.42. The fourth-order valence-corrected chi connectivity index (χ4v) is 2.31. The molecular weight excluding hydrogens is 366 g/mol. The maximum absolute atomic E-state index is 13.1. The topological polar surface area (TPSA) is 54.9 Å². The number of nitrogens with one attached hydrogen (secondary N) is 1. The lowest BCUT2D eigenvalue weighted by molar-refractivity contribution is -0.138. The zero-order valence-electron chi connectivity index (χ0n) is 9.33. The zero-order chi connectivity index (χ0) is 14.9. The van der Waals surface area contributed by atoms with E-state index < -0.39 is 22.9 Å². The molecule has 1 heterocycles. The molecule has 1 amide bonds. The van der Waals surface area contributed by atoms with Crippen molar-refractivity contribution < 1.29 is 22.4 Å². The number of carbonyl (C=O) groups excluding carboxylic acids is 1. The highest BCUT2D eigenvalue weighted by atomic mass is 79.9. The average molecular weight is 370 g/mol. The van der Waals surface area contributed by atoms with Gasteiger partial charge in [0.25, 0.3) is 5.91 Å². The van der Waals surface area contributed by atoms with Crippen LogP contribution >= 0.6 is 27.3 Å². The Balaban J connectivity index is 2.17. The second-order valence-corrected chi connectivity index (χ2v) is 5.42. The van der Waals surface area contributed by atoms with E-state index in [0.717, 1.165) is 12.1 Å². The molecule has 10 heteroatoms. The van der Waals surface area contributed by atoms with E-state index in [1.165, 1.54) is 6.07 Å². The first kappa shape index (κ1) is 14.9. The molecule has 0 aliphatic carbocycles. The second-order valence-electron chi connectivity index (χ2n) is 3.52. The number of hydrogen-bond donors (Lipinski definition) is 1. The van der Waals surface area contributed by atoms with Crippen molar-refractivity contribution in [2.24, 2.45) is 0 Å². The molecule has 0 bridgehead atoms. The molecule has 0 aliphatic heterocycles. The summed E-state index contributed by atoms with van der Waals surface area (Å²) in [4.78, 5) is 11.7. The second kappa shape index (κ2) is 5.44. The molecular formula is C10H4BrF4N3OS. The van der Waals surface area contributed by atoms with Gasteiger partial charge in [0.05, 0.1) is 0 Å². The number of rotatable bonds is 2. The van der Waals surface area contributed by atoms with Crippen LogP contribution < -0.4 is 5.32 Å². The van der Waals surface area contributed by atoms with Crippen LogP contribution in [-0.4, -0.2) is 16.1 Å². The van der Waals surface area contributed by atoms with Crippen LogP contribution in [0.4, 0.5) is 22.7 Å². The first-order valence-electron chi connectivity index (χ1n) is 4.94. The quantitative estimate of drug-likeness (QED) is 0.821. The van der Waals surface area contributed by atoms with E-state index in [9.17, 15) is 22.4 Å². The van der Waals surface area contributed by atoms with Crippen molar-refractivity contribution in [3.63, 3.8) is 0 Å². The van der Waals surface area contributed by atoms with Gasteiger partial charge in [0, 0.05) is 10.0 Å². The fraction of sp³-hybridized carbons (Fsp3) is 0.100. The van der Waals surface area contributed by atoms with E-state index in [1.807, 2.05) is 0 Å². The minimum atomic E-state index is -4.62. The molecule has 106 valence electrons. The highest BCUT2D eigenvalue weighted by molar-refractivity contribution is 9.10. The van der Waals surface area contributed by atoms with Crippen LogP contribution in [0.15, 0.2) is 22.7 Å². The lowest BCUT2D eigenvalue weighted by Crippen LogP contribution is -2.12. The summed E-state index contributed by atoms with van der Waals surface area (Å²) in [7, 11) is 0. The first-order chi connectivity index (χ1) is 9.25. The molecule has 1 aromatic carbocycles. The summed E-state index contributed by atoms with van der Waals surface area (Å²) in [5.41, 5.74) is -0.0550. The van der Waals surface area contributed by atoms with E-state index in [4.69, 9.17) is 0 Å². The van der Waals surface area contributed by atoms with Crippen LogP contribution in [0.3, 0.4) is 0 Å². The minimum absolute atomic E-state index is 0.0550. The van der Waals surface area contributed by atoms with Crippen molar-refractivity contribution in [3.8, 4) is 0 Å². The summed E-state index contributed by atoms with van der Waals surface area (Å²) < 4.78 is 50.4. The molecule has 4 nitrogen and oxygen atoms in total. The van der Waals surface area contributed by atoms with Crippen molar-refractivity contribution in [2.45, 2.75) is 6.18 Å². The number of aromatic nitrogens is 2. The number of alkyl halides is 3. The molecule has 1 N–H and O–H groups in total. The Labute approximate surface area is 122 Å². The number of anilines is 1. The Kier molecular flexibility index (Phi) is 4.04. The predicted molar refractivity (Wildman–Crippen MR) is 67.0 cm³/mol. The zero-order valence-corrected chi connectivity index (χ0v) is 11.7. The monoisotopic (exact) mass is 369 g/mol. The van der Waals surface area contributed by atoms with Gasteiger partial charge < -0.3 is 0 Å². The fourth-order valence-electron chi connectivity index (χ4n) is 1.24. The normalized spacial score (nSPS) is 11.4. The summed E-state index contributed by atoms with van der Waals surface area (Å²) in [5, 5.41) is 6.75. The molecule has 1 aromatic heterocycles. The molecule has 0 fully saturated rings. The van der Waals surface area contributed by atoms with Crippen molar-refractivity contribution in [1.29, 1.82) is 0 Å². The lowest BCUT2D eigenvalue weighted by atomic mass is 10.2. The minimum Gasteiger partial charge on any atom is -0.296 e. The Morgan fingerprint density at radius 2 is 1.95 bits per heavy atom. The number of halogens is 5. The van der Waals surface area contributed by atoms with E-state index in [-0.39, 0.29) is 22.0 Å². The highest BCUT2D eigenvalue weighted by Crippen LogP contribution is 2.33. The Morgan fingerprint density at radius 3 is 2.50 bits per heavy atom. The molecule has 0 saturated heterocycles. The maximum atomic E-state index is 13.1. The molecule has 2 aromatic rings. The van der Waals surface area contributed by atoms with Crippen LogP contribution in [0.1, 0.15) is 15.4 Å². The van der Waals surface area contributed by atoms with Crippen molar-refractivity contribution in [2.75, 3.05) is 5.32 Å². The molecule has 0 spiro atoms. The van der Waals surface area contributed by atoms with E-state index >= 15 is 0 Å². The Bertz CT molecular complexity index is 638. The van der Waals surface area contributed by atoms with E-state index in [0.29, 0.717) is 4.47 Å². The number of amides is 1. The van der Waals surface area contributed by atoms with Gasteiger partial charge in [0.1, 0.15) is 5.82 Å². The summed E-state index contributed by atoms with van der Waals surface area (Å²) in [5.74, 6) is -1.44. The lowest BCUT2D eigenvalue weighted by Gasteiger charge is -2.02. The number of nitrogens with zero attached hydrogens (tertiary/aromatic N) is 2. The van der Waals surface area contributed by atoms with Crippen LogP contribution in [0.25, 0.3) is 0 Å². The summed E-state index contributed by atoms with van der Waals surface area (Å²) in [6.07, 6.45) is -4.62. The highest BCUT2D eigenvalue weighted by Gasteiger charge is 2.35. The predicted octanol–water partition coefficient (Wildman–Crippen LogP) is 3.71. The Hall–Kier alpha value is -1.55.